The molecule has 0 aliphatic carbocycles. The number of benzene rings is 1. The summed E-state index contributed by atoms with van der Waals surface area (Å²) in [7, 11) is 4.57. The van der Waals surface area contributed by atoms with Gasteiger partial charge in [0.1, 0.15) is 17.3 Å². The molecule has 0 atom stereocenters. The van der Waals surface area contributed by atoms with Crippen LogP contribution in [-0.2, 0) is 34.3 Å². The van der Waals surface area contributed by atoms with Crippen molar-refractivity contribution in [1.82, 2.24) is 9.78 Å². The molecule has 6 nitrogen and oxygen atoms in total. The van der Waals surface area contributed by atoms with Crippen molar-refractivity contribution in [2.45, 2.75) is 20.0 Å². The van der Waals surface area contributed by atoms with Crippen LogP contribution in [0.3, 0.4) is 0 Å². The number of carbonyl (C=O) groups is 1. The first kappa shape index (κ1) is 18.9. The Kier molecular flexibility index (Phi) is 6.47. The van der Waals surface area contributed by atoms with Crippen LogP contribution in [0.4, 0.5) is 0 Å². The third-order valence-electron chi connectivity index (χ3n) is 3.70. The van der Waals surface area contributed by atoms with E-state index in [0.29, 0.717) is 28.6 Å². The van der Waals surface area contributed by atoms with Crippen LogP contribution in [0.25, 0.3) is 5.57 Å². The van der Waals surface area contributed by atoms with E-state index >= 15 is 0 Å². The number of nitrogens with zero attached hydrogens (tertiary/aromatic N) is 2. The van der Waals surface area contributed by atoms with Crippen LogP contribution in [0.5, 0.6) is 5.88 Å². The van der Waals surface area contributed by atoms with Crippen LogP contribution in [0, 0.1) is 0 Å². The Labute approximate surface area is 151 Å². The fourth-order valence-electron chi connectivity index (χ4n) is 2.44. The van der Waals surface area contributed by atoms with E-state index in [0.717, 1.165) is 11.1 Å². The second kappa shape index (κ2) is 8.58. The second-order valence-electron chi connectivity index (χ2n) is 5.26. The summed E-state index contributed by atoms with van der Waals surface area (Å²) >= 11 is 6.21. The van der Waals surface area contributed by atoms with E-state index in [1.807, 2.05) is 31.2 Å². The van der Waals surface area contributed by atoms with E-state index in [1.165, 1.54) is 20.5 Å². The van der Waals surface area contributed by atoms with Gasteiger partial charge in [0.05, 0.1) is 26.0 Å². The first-order valence-corrected chi connectivity index (χ1v) is 8.14. The number of hydrogen-bond acceptors (Lipinski definition) is 5. The van der Waals surface area contributed by atoms with Crippen molar-refractivity contribution in [2.75, 3.05) is 14.2 Å². The van der Waals surface area contributed by atoms with Crippen molar-refractivity contribution in [1.29, 1.82) is 0 Å². The van der Waals surface area contributed by atoms with Crippen molar-refractivity contribution >= 4 is 23.1 Å². The van der Waals surface area contributed by atoms with Gasteiger partial charge in [0.2, 0.25) is 5.88 Å². The lowest BCUT2D eigenvalue weighted by Crippen LogP contribution is -2.08. The molecule has 134 valence electrons. The number of carbonyl (C=O) groups excluding carboxylic acids is 1. The largest absolute Gasteiger partial charge is 0.503 e. The lowest BCUT2D eigenvalue weighted by Gasteiger charge is -2.12. The highest BCUT2D eigenvalue weighted by atomic mass is 35.5. The maximum atomic E-state index is 12.0. The SMILES string of the molecule is CCc1c(OCc2ccccc2/C(=C\OC)C(=O)OC)nn(C)c1Cl. The Hall–Kier alpha value is -2.47. The number of rotatable bonds is 7. The average Bonchev–Trinajstić information content (AvgIpc) is 2.91. The molecule has 0 saturated carbocycles. The van der Waals surface area contributed by atoms with Gasteiger partial charge in [-0.2, -0.15) is 0 Å². The Morgan fingerprint density at radius 2 is 2.04 bits per heavy atom. The molecule has 2 aromatic rings. The van der Waals surface area contributed by atoms with E-state index in [-0.39, 0.29) is 6.61 Å². The second-order valence-corrected chi connectivity index (χ2v) is 5.61. The quantitative estimate of drug-likeness (QED) is 0.428. The van der Waals surface area contributed by atoms with Crippen LogP contribution in [-0.4, -0.2) is 30.0 Å². The van der Waals surface area contributed by atoms with Gasteiger partial charge in [-0.1, -0.05) is 42.8 Å². The predicted octanol–water partition coefficient (Wildman–Crippen LogP) is 3.38. The lowest BCUT2D eigenvalue weighted by molar-refractivity contribution is -0.133. The Morgan fingerprint density at radius 1 is 1.32 bits per heavy atom. The summed E-state index contributed by atoms with van der Waals surface area (Å²) in [6.07, 6.45) is 2.07. The molecule has 0 amide bonds. The molecular formula is C18H21ClN2O4. The van der Waals surface area contributed by atoms with Crippen molar-refractivity contribution < 1.29 is 19.0 Å². The monoisotopic (exact) mass is 364 g/mol. The van der Waals surface area contributed by atoms with Gasteiger partial charge in [0.15, 0.2) is 0 Å². The smallest absolute Gasteiger partial charge is 0.341 e. The van der Waals surface area contributed by atoms with Crippen LogP contribution >= 0.6 is 11.6 Å². The first-order chi connectivity index (χ1) is 12.0. The van der Waals surface area contributed by atoms with E-state index in [2.05, 4.69) is 5.10 Å². The zero-order valence-corrected chi connectivity index (χ0v) is 15.5. The van der Waals surface area contributed by atoms with Crippen LogP contribution in [0.15, 0.2) is 30.5 Å². The molecule has 2 rings (SSSR count). The summed E-state index contributed by atoms with van der Waals surface area (Å²) in [4.78, 5) is 12.0. The highest BCUT2D eigenvalue weighted by Gasteiger charge is 2.18. The molecule has 1 heterocycles. The number of aromatic nitrogens is 2. The number of hydrogen-bond donors (Lipinski definition) is 0. The lowest BCUT2D eigenvalue weighted by atomic mass is 10.0. The van der Waals surface area contributed by atoms with Crippen molar-refractivity contribution in [3.63, 3.8) is 0 Å². The highest BCUT2D eigenvalue weighted by molar-refractivity contribution is 6.30. The summed E-state index contributed by atoms with van der Waals surface area (Å²) in [5, 5.41) is 4.85. The third kappa shape index (κ3) is 4.14. The fourth-order valence-corrected chi connectivity index (χ4v) is 2.69. The van der Waals surface area contributed by atoms with Gasteiger partial charge >= 0.3 is 5.97 Å². The Balaban J connectivity index is 2.31. The topological polar surface area (TPSA) is 62.6 Å². The number of ether oxygens (including phenoxy) is 3. The van der Waals surface area contributed by atoms with Gasteiger partial charge < -0.3 is 14.2 Å². The minimum atomic E-state index is -0.482. The van der Waals surface area contributed by atoms with Crippen molar-refractivity contribution in [2.24, 2.45) is 7.05 Å². The van der Waals surface area contributed by atoms with E-state index < -0.39 is 5.97 Å². The van der Waals surface area contributed by atoms with E-state index in [9.17, 15) is 4.79 Å². The molecule has 0 aliphatic heterocycles. The molecule has 0 bridgehead atoms. The van der Waals surface area contributed by atoms with Crippen molar-refractivity contribution in [3.05, 3.63) is 52.4 Å². The fraction of sp³-hybridized carbons (Fsp3) is 0.333. The molecule has 1 aromatic heterocycles. The summed E-state index contributed by atoms with van der Waals surface area (Å²) in [6.45, 7) is 2.22. The zero-order valence-electron chi connectivity index (χ0n) is 14.7. The summed E-state index contributed by atoms with van der Waals surface area (Å²) in [6, 6.07) is 7.39. The molecule has 0 spiro atoms. The molecule has 25 heavy (non-hydrogen) atoms. The Bertz CT molecular complexity index is 783. The van der Waals surface area contributed by atoms with Gasteiger partial charge in [-0.15, -0.1) is 5.10 Å². The van der Waals surface area contributed by atoms with Gasteiger partial charge in [-0.25, -0.2) is 4.79 Å². The maximum Gasteiger partial charge on any atom is 0.341 e. The molecule has 0 N–H and O–H groups in total. The molecule has 0 radical (unpaired) electrons. The van der Waals surface area contributed by atoms with Gasteiger partial charge in [0.25, 0.3) is 0 Å². The number of esters is 1. The maximum absolute atomic E-state index is 12.0. The van der Waals surface area contributed by atoms with E-state index in [4.69, 9.17) is 25.8 Å². The third-order valence-corrected chi connectivity index (χ3v) is 4.17. The van der Waals surface area contributed by atoms with Gasteiger partial charge in [0, 0.05) is 7.05 Å². The molecule has 0 fully saturated rings. The highest BCUT2D eigenvalue weighted by Crippen LogP contribution is 2.28. The first-order valence-electron chi connectivity index (χ1n) is 7.77. The summed E-state index contributed by atoms with van der Waals surface area (Å²) < 4.78 is 17.3. The predicted molar refractivity (Wildman–Crippen MR) is 95.4 cm³/mol. The summed E-state index contributed by atoms with van der Waals surface area (Å²) in [5.74, 6) is 0.00423. The molecule has 0 unspecified atom stereocenters. The molecule has 0 saturated heterocycles. The summed E-state index contributed by atoms with van der Waals surface area (Å²) in [5.41, 5.74) is 2.65. The van der Waals surface area contributed by atoms with Crippen LogP contribution in [0.1, 0.15) is 23.6 Å². The number of aryl methyl sites for hydroxylation is 1. The van der Waals surface area contributed by atoms with E-state index in [1.54, 1.807) is 11.7 Å². The normalized spacial score (nSPS) is 11.3. The minimum absolute atomic E-state index is 0.231. The number of halogens is 1. The molecule has 1 aromatic carbocycles. The number of methoxy groups -OCH3 is 2. The Morgan fingerprint density at radius 3 is 2.68 bits per heavy atom. The van der Waals surface area contributed by atoms with Crippen LogP contribution < -0.4 is 4.74 Å². The van der Waals surface area contributed by atoms with Crippen LogP contribution in [0.2, 0.25) is 5.15 Å². The molecule has 7 heteroatoms. The average molecular weight is 365 g/mol. The molecular weight excluding hydrogens is 344 g/mol. The van der Waals surface area contributed by atoms with Gasteiger partial charge in [-0.05, 0) is 17.5 Å². The molecule has 0 aliphatic rings. The zero-order chi connectivity index (χ0) is 18.4. The van der Waals surface area contributed by atoms with Gasteiger partial charge in [-0.3, -0.25) is 4.68 Å². The standard InChI is InChI=1S/C18H21ClN2O4/c1-5-13-16(19)21(2)20-17(13)25-10-12-8-6-7-9-14(12)15(11-23-3)18(22)24-4/h6-9,11H,5,10H2,1-4H3/b15-11+. The van der Waals surface area contributed by atoms with Crippen molar-refractivity contribution in [3.8, 4) is 5.88 Å². The minimum Gasteiger partial charge on any atom is -0.503 e.